The van der Waals surface area contributed by atoms with Gasteiger partial charge >= 0.3 is 0 Å². The van der Waals surface area contributed by atoms with Gasteiger partial charge in [-0.3, -0.25) is 4.90 Å². The predicted molar refractivity (Wildman–Crippen MR) is 104 cm³/mol. The number of benzene rings is 1. The number of halogens is 1. The Balaban J connectivity index is 1.90. The molecule has 0 bridgehead atoms. The van der Waals surface area contributed by atoms with Gasteiger partial charge in [0, 0.05) is 38.5 Å². The second kappa shape index (κ2) is 11.3. The molecule has 0 unspecified atom stereocenters. The summed E-state index contributed by atoms with van der Waals surface area (Å²) in [6.45, 7) is 8.83. The van der Waals surface area contributed by atoms with Gasteiger partial charge in [-0.05, 0) is 36.4 Å². The van der Waals surface area contributed by atoms with E-state index in [1.54, 1.807) is 17.8 Å². The Labute approximate surface area is 154 Å². The molecule has 5 nitrogen and oxygen atoms in total. The Hall–Kier alpha value is -1.31. The Morgan fingerprint density at radius 1 is 1.28 bits per heavy atom. The number of thioether (sulfide) groups is 1. The number of hydrogen-bond acceptors (Lipinski definition) is 4. The molecule has 7 heteroatoms. The second-order valence-corrected chi connectivity index (χ2v) is 6.79. The van der Waals surface area contributed by atoms with Gasteiger partial charge in [0.25, 0.3) is 0 Å². The lowest BCUT2D eigenvalue weighted by atomic mass is 10.1. The summed E-state index contributed by atoms with van der Waals surface area (Å²) in [6.07, 6.45) is 2.02. The van der Waals surface area contributed by atoms with E-state index in [0.29, 0.717) is 6.54 Å². The summed E-state index contributed by atoms with van der Waals surface area (Å²) in [5.74, 6) is 1.41. The minimum Gasteiger partial charge on any atom is -0.379 e. The highest BCUT2D eigenvalue weighted by molar-refractivity contribution is 7.97. The first kappa shape index (κ1) is 20.0. The fourth-order valence-corrected chi connectivity index (χ4v) is 3.28. The maximum atomic E-state index is 13.5. The zero-order chi connectivity index (χ0) is 17.9. The lowest BCUT2D eigenvalue weighted by Gasteiger charge is -2.26. The number of rotatable bonds is 8. The molecule has 0 amide bonds. The minimum absolute atomic E-state index is 0.188. The van der Waals surface area contributed by atoms with Crippen molar-refractivity contribution in [3.63, 3.8) is 0 Å². The summed E-state index contributed by atoms with van der Waals surface area (Å²) in [5, 5.41) is 6.65. The van der Waals surface area contributed by atoms with Crippen LogP contribution in [-0.2, 0) is 17.0 Å². The Morgan fingerprint density at radius 3 is 2.80 bits per heavy atom. The first-order valence-electron chi connectivity index (χ1n) is 8.81. The third kappa shape index (κ3) is 7.22. The molecule has 0 spiro atoms. The van der Waals surface area contributed by atoms with Crippen molar-refractivity contribution in [3.05, 3.63) is 35.1 Å². The van der Waals surface area contributed by atoms with Gasteiger partial charge in [-0.1, -0.05) is 6.07 Å². The van der Waals surface area contributed by atoms with Crippen molar-refractivity contribution in [1.29, 1.82) is 0 Å². The average molecular weight is 369 g/mol. The standard InChI is InChI=1S/C18H29FN4OS/c1-3-20-18(21-6-7-23-8-10-24-11-9-23)22-13-15-4-5-17(19)12-16(15)14-25-2/h4-5,12H,3,6-11,13-14H2,1-2H3,(H2,20,21,22). The molecule has 1 aromatic carbocycles. The SMILES string of the molecule is CCNC(=NCc1ccc(F)cc1CSC)NCCN1CCOCC1. The molecular weight excluding hydrogens is 339 g/mol. The smallest absolute Gasteiger partial charge is 0.191 e. The van der Waals surface area contributed by atoms with Crippen LogP contribution >= 0.6 is 11.8 Å². The third-order valence-corrected chi connectivity index (χ3v) is 4.64. The van der Waals surface area contributed by atoms with Crippen LogP contribution in [-0.4, -0.2) is 63.1 Å². The van der Waals surface area contributed by atoms with Crippen LogP contribution < -0.4 is 10.6 Å². The van der Waals surface area contributed by atoms with Crippen molar-refractivity contribution in [1.82, 2.24) is 15.5 Å². The molecule has 1 aliphatic heterocycles. The molecule has 1 aliphatic rings. The monoisotopic (exact) mass is 368 g/mol. The minimum atomic E-state index is -0.188. The van der Waals surface area contributed by atoms with Crippen molar-refractivity contribution in [3.8, 4) is 0 Å². The quantitative estimate of drug-likeness (QED) is 0.543. The fourth-order valence-electron chi connectivity index (χ4n) is 2.70. The molecule has 1 heterocycles. The summed E-state index contributed by atoms with van der Waals surface area (Å²) in [5.41, 5.74) is 2.08. The number of nitrogens with one attached hydrogen (secondary N) is 2. The summed E-state index contributed by atoms with van der Waals surface area (Å²) in [6, 6.07) is 4.95. The van der Waals surface area contributed by atoms with Crippen LogP contribution in [0.4, 0.5) is 4.39 Å². The molecule has 1 fully saturated rings. The average Bonchev–Trinajstić information content (AvgIpc) is 2.62. The molecule has 0 atom stereocenters. The molecule has 0 aromatic heterocycles. The topological polar surface area (TPSA) is 48.9 Å². The fraction of sp³-hybridized carbons (Fsp3) is 0.611. The van der Waals surface area contributed by atoms with Crippen molar-refractivity contribution in [2.45, 2.75) is 19.2 Å². The Morgan fingerprint density at radius 2 is 2.08 bits per heavy atom. The molecule has 1 aromatic rings. The number of hydrogen-bond donors (Lipinski definition) is 2. The number of aliphatic imine (C=N–C) groups is 1. The van der Waals surface area contributed by atoms with Gasteiger partial charge in [0.1, 0.15) is 5.82 Å². The molecular formula is C18H29FN4OS. The maximum Gasteiger partial charge on any atom is 0.191 e. The van der Waals surface area contributed by atoms with Gasteiger partial charge in [-0.25, -0.2) is 9.38 Å². The van der Waals surface area contributed by atoms with Crippen molar-refractivity contribution < 1.29 is 9.13 Å². The molecule has 2 rings (SSSR count). The van der Waals surface area contributed by atoms with Crippen molar-refractivity contribution in [2.75, 3.05) is 52.2 Å². The molecule has 140 valence electrons. The van der Waals surface area contributed by atoms with Gasteiger partial charge < -0.3 is 15.4 Å². The normalized spacial score (nSPS) is 16.0. The van der Waals surface area contributed by atoms with E-state index in [2.05, 4.69) is 27.4 Å². The predicted octanol–water partition coefficient (Wildman–Crippen LogP) is 2.08. The van der Waals surface area contributed by atoms with E-state index in [9.17, 15) is 4.39 Å². The molecule has 0 radical (unpaired) electrons. The number of ether oxygens (including phenoxy) is 1. The van der Waals surface area contributed by atoms with Crippen molar-refractivity contribution >= 4 is 17.7 Å². The second-order valence-electron chi connectivity index (χ2n) is 5.92. The highest BCUT2D eigenvalue weighted by Gasteiger charge is 2.10. The van der Waals surface area contributed by atoms with Gasteiger partial charge in [0.2, 0.25) is 0 Å². The molecule has 1 saturated heterocycles. The van der Waals surface area contributed by atoms with Crippen LogP contribution in [0.25, 0.3) is 0 Å². The number of nitrogens with zero attached hydrogens (tertiary/aromatic N) is 2. The van der Waals surface area contributed by atoms with E-state index < -0.39 is 0 Å². The van der Waals surface area contributed by atoms with Gasteiger partial charge in [0.05, 0.1) is 19.8 Å². The van der Waals surface area contributed by atoms with Crippen molar-refractivity contribution in [2.24, 2.45) is 4.99 Å². The van der Waals surface area contributed by atoms with Crippen LogP contribution in [0.15, 0.2) is 23.2 Å². The lowest BCUT2D eigenvalue weighted by Crippen LogP contribution is -2.44. The summed E-state index contributed by atoms with van der Waals surface area (Å²) < 4.78 is 18.8. The van der Waals surface area contributed by atoms with Crippen LogP contribution in [0.2, 0.25) is 0 Å². The number of guanidine groups is 1. The molecule has 2 N–H and O–H groups in total. The van der Waals surface area contributed by atoms with E-state index in [4.69, 9.17) is 4.74 Å². The summed E-state index contributed by atoms with van der Waals surface area (Å²) in [7, 11) is 0. The Kier molecular flexibility index (Phi) is 9.07. The van der Waals surface area contributed by atoms with Crippen LogP contribution in [0.1, 0.15) is 18.1 Å². The highest BCUT2D eigenvalue weighted by atomic mass is 32.2. The van der Waals surface area contributed by atoms with Gasteiger partial charge in [-0.2, -0.15) is 11.8 Å². The summed E-state index contributed by atoms with van der Waals surface area (Å²) in [4.78, 5) is 7.04. The van der Waals surface area contributed by atoms with E-state index >= 15 is 0 Å². The van der Waals surface area contributed by atoms with E-state index in [1.807, 2.05) is 12.3 Å². The van der Waals surface area contributed by atoms with E-state index in [1.165, 1.54) is 6.07 Å². The van der Waals surface area contributed by atoms with Crippen LogP contribution in [0.3, 0.4) is 0 Å². The molecule has 0 saturated carbocycles. The molecule has 0 aliphatic carbocycles. The largest absolute Gasteiger partial charge is 0.379 e. The molecule has 25 heavy (non-hydrogen) atoms. The zero-order valence-corrected chi connectivity index (χ0v) is 16.0. The highest BCUT2D eigenvalue weighted by Crippen LogP contribution is 2.17. The van der Waals surface area contributed by atoms with Crippen LogP contribution in [0, 0.1) is 5.82 Å². The lowest BCUT2D eigenvalue weighted by molar-refractivity contribution is 0.0389. The van der Waals surface area contributed by atoms with Gasteiger partial charge in [0.15, 0.2) is 5.96 Å². The first-order chi connectivity index (χ1) is 12.2. The van der Waals surface area contributed by atoms with Crippen LogP contribution in [0.5, 0.6) is 0 Å². The van der Waals surface area contributed by atoms with Gasteiger partial charge in [-0.15, -0.1) is 0 Å². The number of morpholine rings is 1. The van der Waals surface area contributed by atoms with E-state index in [0.717, 1.165) is 68.8 Å². The summed E-state index contributed by atoms with van der Waals surface area (Å²) >= 11 is 1.69. The maximum absolute atomic E-state index is 13.5. The zero-order valence-electron chi connectivity index (χ0n) is 15.2. The Bertz CT molecular complexity index is 550. The van der Waals surface area contributed by atoms with E-state index in [-0.39, 0.29) is 5.82 Å². The first-order valence-corrected chi connectivity index (χ1v) is 10.2. The third-order valence-electron chi connectivity index (χ3n) is 4.04.